The highest BCUT2D eigenvalue weighted by molar-refractivity contribution is 5.94. The van der Waals surface area contributed by atoms with E-state index in [1.165, 1.54) is 19.1 Å². The zero-order valence-corrected chi connectivity index (χ0v) is 11.2. The average Bonchev–Trinajstić information content (AvgIpc) is 2.45. The molecule has 2 rings (SSSR count). The Labute approximate surface area is 120 Å². The second-order valence-corrected chi connectivity index (χ2v) is 4.44. The highest BCUT2D eigenvalue weighted by atomic mass is 19.1. The topological polar surface area (TPSA) is 63.6 Å². The molecule has 0 saturated heterocycles. The second kappa shape index (κ2) is 6.17. The Morgan fingerprint density at radius 1 is 1.14 bits per heavy atom. The molecule has 0 fully saturated rings. The first-order valence-corrected chi connectivity index (χ1v) is 6.24. The molecule has 0 bridgehead atoms. The van der Waals surface area contributed by atoms with Gasteiger partial charge in [-0.15, -0.1) is 0 Å². The Bertz CT molecular complexity index is 667. The van der Waals surface area contributed by atoms with Crippen molar-refractivity contribution in [2.75, 3.05) is 0 Å². The van der Waals surface area contributed by atoms with Crippen LogP contribution in [0, 0.1) is 5.82 Å². The van der Waals surface area contributed by atoms with Crippen LogP contribution in [0.15, 0.2) is 48.5 Å². The Morgan fingerprint density at radius 3 is 2.33 bits per heavy atom. The van der Waals surface area contributed by atoms with Gasteiger partial charge in [0.15, 0.2) is 5.78 Å². The van der Waals surface area contributed by atoms with Gasteiger partial charge in [0, 0.05) is 11.6 Å². The molecule has 0 aliphatic rings. The lowest BCUT2D eigenvalue weighted by molar-refractivity contribution is -0.145. The summed E-state index contributed by atoms with van der Waals surface area (Å²) in [6.07, 6.45) is -1.24. The molecule has 1 unspecified atom stereocenters. The molecule has 1 atom stereocenters. The molecule has 0 aliphatic heterocycles. The van der Waals surface area contributed by atoms with Gasteiger partial charge in [-0.25, -0.2) is 9.18 Å². The predicted octanol–water partition coefficient (Wildman–Crippen LogP) is 3.23. The van der Waals surface area contributed by atoms with Crippen LogP contribution in [0.5, 0.6) is 5.75 Å². The summed E-state index contributed by atoms with van der Waals surface area (Å²) in [6, 6.07) is 12.0. The fourth-order valence-corrected chi connectivity index (χ4v) is 1.88. The van der Waals surface area contributed by atoms with E-state index in [0.29, 0.717) is 5.56 Å². The molecule has 2 aromatic carbocycles. The SMILES string of the molecule is CC(=O)c1ccc(OC(C(=O)O)c2ccccc2)cc1F. The van der Waals surface area contributed by atoms with Gasteiger partial charge in [-0.1, -0.05) is 30.3 Å². The van der Waals surface area contributed by atoms with Crippen molar-refractivity contribution < 1.29 is 23.8 Å². The average molecular weight is 288 g/mol. The molecule has 2 aromatic rings. The van der Waals surface area contributed by atoms with Crippen molar-refractivity contribution in [2.45, 2.75) is 13.0 Å². The molecule has 0 spiro atoms. The minimum Gasteiger partial charge on any atom is -0.478 e. The smallest absolute Gasteiger partial charge is 0.349 e. The number of rotatable bonds is 5. The molecular weight excluding hydrogens is 275 g/mol. The minimum absolute atomic E-state index is 0.0498. The van der Waals surface area contributed by atoms with Crippen LogP contribution < -0.4 is 4.74 Å². The minimum atomic E-state index is -1.24. The molecular formula is C16H13FO4. The molecule has 0 saturated carbocycles. The van der Waals surface area contributed by atoms with Crippen LogP contribution in [0.2, 0.25) is 0 Å². The zero-order chi connectivity index (χ0) is 15.4. The van der Waals surface area contributed by atoms with Crippen molar-refractivity contribution in [1.82, 2.24) is 0 Å². The monoisotopic (exact) mass is 288 g/mol. The number of carbonyl (C=O) groups is 2. The van der Waals surface area contributed by atoms with E-state index in [9.17, 15) is 19.1 Å². The van der Waals surface area contributed by atoms with Gasteiger partial charge in [-0.2, -0.15) is 0 Å². The number of aliphatic carboxylic acids is 1. The van der Waals surface area contributed by atoms with Crippen LogP contribution in [0.1, 0.15) is 28.9 Å². The number of hydrogen-bond acceptors (Lipinski definition) is 3. The Balaban J connectivity index is 2.28. The van der Waals surface area contributed by atoms with Crippen molar-refractivity contribution in [1.29, 1.82) is 0 Å². The number of carboxylic acids is 1. The van der Waals surface area contributed by atoms with Crippen molar-refractivity contribution >= 4 is 11.8 Å². The van der Waals surface area contributed by atoms with E-state index in [1.807, 2.05) is 0 Å². The lowest BCUT2D eigenvalue weighted by atomic mass is 10.1. The first kappa shape index (κ1) is 14.7. The fraction of sp³-hybridized carbons (Fsp3) is 0.125. The number of carbonyl (C=O) groups excluding carboxylic acids is 1. The van der Waals surface area contributed by atoms with E-state index in [2.05, 4.69) is 0 Å². The van der Waals surface area contributed by atoms with Crippen molar-refractivity contribution in [3.8, 4) is 5.75 Å². The van der Waals surface area contributed by atoms with Gasteiger partial charge in [0.25, 0.3) is 0 Å². The fourth-order valence-electron chi connectivity index (χ4n) is 1.88. The van der Waals surface area contributed by atoms with Gasteiger partial charge < -0.3 is 9.84 Å². The van der Waals surface area contributed by atoms with E-state index in [1.54, 1.807) is 30.3 Å². The summed E-state index contributed by atoms with van der Waals surface area (Å²) in [7, 11) is 0. The van der Waals surface area contributed by atoms with Gasteiger partial charge in [-0.05, 0) is 19.1 Å². The second-order valence-electron chi connectivity index (χ2n) is 4.44. The predicted molar refractivity (Wildman–Crippen MR) is 73.9 cm³/mol. The van der Waals surface area contributed by atoms with Gasteiger partial charge in [0.2, 0.25) is 6.10 Å². The summed E-state index contributed by atoms with van der Waals surface area (Å²) in [4.78, 5) is 22.4. The van der Waals surface area contributed by atoms with E-state index >= 15 is 0 Å². The Morgan fingerprint density at radius 2 is 1.81 bits per heavy atom. The Hall–Kier alpha value is -2.69. The van der Waals surface area contributed by atoms with Crippen LogP contribution in [-0.2, 0) is 4.79 Å². The summed E-state index contributed by atoms with van der Waals surface area (Å²) in [5, 5.41) is 9.23. The van der Waals surface area contributed by atoms with Gasteiger partial charge in [0.05, 0.1) is 5.56 Å². The molecule has 108 valence electrons. The lowest BCUT2D eigenvalue weighted by Crippen LogP contribution is -2.18. The zero-order valence-electron chi connectivity index (χ0n) is 11.2. The maximum absolute atomic E-state index is 13.7. The summed E-state index contributed by atoms with van der Waals surface area (Å²) >= 11 is 0. The number of hydrogen-bond donors (Lipinski definition) is 1. The first-order chi connectivity index (χ1) is 9.99. The number of ketones is 1. The van der Waals surface area contributed by atoms with Crippen LogP contribution in [0.3, 0.4) is 0 Å². The summed E-state index contributed by atoms with van der Waals surface area (Å²) in [5.74, 6) is -2.28. The van der Waals surface area contributed by atoms with Crippen LogP contribution in [-0.4, -0.2) is 16.9 Å². The number of Topliss-reactive ketones (excluding diaryl/α,β-unsaturated/α-hetero) is 1. The summed E-state index contributed by atoms with van der Waals surface area (Å²) in [5.41, 5.74) is 0.384. The van der Waals surface area contributed by atoms with Crippen molar-refractivity contribution in [3.05, 3.63) is 65.5 Å². The van der Waals surface area contributed by atoms with Crippen molar-refractivity contribution in [3.63, 3.8) is 0 Å². The first-order valence-electron chi connectivity index (χ1n) is 6.24. The molecule has 0 amide bonds. The molecule has 0 radical (unpaired) electrons. The number of ether oxygens (including phenoxy) is 1. The van der Waals surface area contributed by atoms with Gasteiger partial charge in [0.1, 0.15) is 11.6 Å². The van der Waals surface area contributed by atoms with E-state index < -0.39 is 23.7 Å². The van der Waals surface area contributed by atoms with Crippen molar-refractivity contribution in [2.24, 2.45) is 0 Å². The summed E-state index contributed by atoms with van der Waals surface area (Å²) < 4.78 is 19.0. The molecule has 0 heterocycles. The van der Waals surface area contributed by atoms with Crippen LogP contribution in [0.25, 0.3) is 0 Å². The normalized spacial score (nSPS) is 11.7. The quantitative estimate of drug-likeness (QED) is 0.858. The molecule has 0 aromatic heterocycles. The number of carboxylic acid groups (broad SMARTS) is 1. The third kappa shape index (κ3) is 3.45. The third-order valence-corrected chi connectivity index (χ3v) is 2.90. The van der Waals surface area contributed by atoms with E-state index in [-0.39, 0.29) is 11.3 Å². The van der Waals surface area contributed by atoms with Gasteiger partial charge >= 0.3 is 5.97 Å². The largest absolute Gasteiger partial charge is 0.478 e. The van der Waals surface area contributed by atoms with E-state index in [4.69, 9.17) is 4.74 Å². The lowest BCUT2D eigenvalue weighted by Gasteiger charge is -2.15. The third-order valence-electron chi connectivity index (χ3n) is 2.90. The van der Waals surface area contributed by atoms with Gasteiger partial charge in [-0.3, -0.25) is 4.79 Å². The van der Waals surface area contributed by atoms with E-state index in [0.717, 1.165) is 6.07 Å². The summed E-state index contributed by atoms with van der Waals surface area (Å²) in [6.45, 7) is 1.25. The number of halogens is 1. The maximum Gasteiger partial charge on any atom is 0.349 e. The molecule has 4 nitrogen and oxygen atoms in total. The van der Waals surface area contributed by atoms with Crippen LogP contribution >= 0.6 is 0 Å². The standard InChI is InChI=1S/C16H13FO4/c1-10(18)13-8-7-12(9-14(13)17)21-15(16(19)20)11-5-3-2-4-6-11/h2-9,15H,1H3,(H,19,20). The molecule has 0 aliphatic carbocycles. The highest BCUT2D eigenvalue weighted by Crippen LogP contribution is 2.24. The number of benzene rings is 2. The molecule has 1 N–H and O–H groups in total. The molecule has 21 heavy (non-hydrogen) atoms. The highest BCUT2D eigenvalue weighted by Gasteiger charge is 2.22. The Kier molecular flexibility index (Phi) is 4.33. The van der Waals surface area contributed by atoms with Crippen LogP contribution in [0.4, 0.5) is 4.39 Å². The maximum atomic E-state index is 13.7. The molecule has 5 heteroatoms.